The summed E-state index contributed by atoms with van der Waals surface area (Å²) >= 11 is 0. The fourth-order valence-electron chi connectivity index (χ4n) is 1.63. The molecule has 2 rings (SSSR count). The minimum absolute atomic E-state index is 0.200. The second-order valence-corrected chi connectivity index (χ2v) is 3.93. The largest absolute Gasteiger partial charge is 0.352 e. The van der Waals surface area contributed by atoms with Crippen LogP contribution in [0, 0.1) is 6.92 Å². The van der Waals surface area contributed by atoms with Gasteiger partial charge < -0.3 is 15.3 Å². The molecule has 0 spiro atoms. The molecule has 0 fully saturated rings. The molecule has 0 aliphatic heterocycles. The van der Waals surface area contributed by atoms with E-state index in [0.29, 0.717) is 35.9 Å². The van der Waals surface area contributed by atoms with Crippen molar-refractivity contribution in [2.45, 2.75) is 13.3 Å². The van der Waals surface area contributed by atoms with Gasteiger partial charge in [0.2, 0.25) is 5.89 Å². The Morgan fingerprint density at radius 3 is 2.89 bits per heavy atom. The Balaban J connectivity index is 1.90. The fraction of sp³-hybridized carbons (Fsp3) is 0.250. The average molecular weight is 261 g/mol. The van der Waals surface area contributed by atoms with E-state index in [2.05, 4.69) is 20.9 Å². The predicted octanol–water partition coefficient (Wildman–Crippen LogP) is 0.636. The zero-order chi connectivity index (χ0) is 13.7. The molecule has 0 aliphatic carbocycles. The van der Waals surface area contributed by atoms with E-state index in [0.717, 1.165) is 0 Å². The molecule has 100 valence electrons. The smallest absolute Gasteiger partial charge is 0.253 e. The molecule has 0 aliphatic rings. The van der Waals surface area contributed by atoms with Crippen LogP contribution in [0.15, 0.2) is 28.8 Å². The first kappa shape index (κ1) is 13.0. The molecule has 0 saturated heterocycles. The van der Waals surface area contributed by atoms with Crippen molar-refractivity contribution < 1.29 is 9.32 Å². The summed E-state index contributed by atoms with van der Waals surface area (Å²) < 4.78 is 4.84. The maximum Gasteiger partial charge on any atom is 0.253 e. The Bertz CT molecular complexity index is 567. The van der Waals surface area contributed by atoms with Crippen molar-refractivity contribution in [2.24, 2.45) is 5.84 Å². The van der Waals surface area contributed by atoms with Gasteiger partial charge >= 0.3 is 0 Å². The number of aromatic nitrogens is 2. The number of carbonyl (C=O) groups excluding carboxylic acids is 1. The summed E-state index contributed by atoms with van der Waals surface area (Å²) in [7, 11) is 0. The van der Waals surface area contributed by atoms with Crippen molar-refractivity contribution in [3.63, 3.8) is 0 Å². The summed E-state index contributed by atoms with van der Waals surface area (Å²) in [6, 6.07) is 7.01. The third kappa shape index (κ3) is 3.29. The molecule has 7 nitrogen and oxygen atoms in total. The molecule has 0 unspecified atom stereocenters. The fourth-order valence-corrected chi connectivity index (χ4v) is 1.63. The molecule has 19 heavy (non-hydrogen) atoms. The quantitative estimate of drug-likeness (QED) is 0.538. The van der Waals surface area contributed by atoms with Crippen LogP contribution in [0.1, 0.15) is 22.1 Å². The van der Waals surface area contributed by atoms with Crippen molar-refractivity contribution >= 4 is 11.6 Å². The zero-order valence-corrected chi connectivity index (χ0v) is 10.5. The highest BCUT2D eigenvalue weighted by Gasteiger charge is 2.10. The Labute approximate surface area is 110 Å². The van der Waals surface area contributed by atoms with Crippen molar-refractivity contribution in [1.29, 1.82) is 0 Å². The summed E-state index contributed by atoms with van der Waals surface area (Å²) in [5, 5.41) is 6.52. The van der Waals surface area contributed by atoms with Gasteiger partial charge in [0, 0.05) is 19.9 Å². The van der Waals surface area contributed by atoms with Crippen LogP contribution in [-0.2, 0) is 6.42 Å². The number of para-hydroxylation sites is 1. The highest BCUT2D eigenvalue weighted by Crippen LogP contribution is 2.12. The van der Waals surface area contributed by atoms with Crippen LogP contribution in [-0.4, -0.2) is 22.6 Å². The van der Waals surface area contributed by atoms with E-state index in [-0.39, 0.29) is 5.91 Å². The number of nitrogens with zero attached hydrogens (tertiary/aromatic N) is 2. The maximum atomic E-state index is 11.9. The van der Waals surface area contributed by atoms with Gasteiger partial charge in [-0.3, -0.25) is 10.6 Å². The van der Waals surface area contributed by atoms with Crippen LogP contribution in [0.25, 0.3) is 0 Å². The monoisotopic (exact) mass is 261 g/mol. The SMILES string of the molecule is Cc1nc(CCNC(=O)c2ccccc2NN)no1. The van der Waals surface area contributed by atoms with Crippen molar-refractivity contribution in [3.05, 3.63) is 41.5 Å². The molecule has 0 radical (unpaired) electrons. The van der Waals surface area contributed by atoms with Crippen molar-refractivity contribution in [2.75, 3.05) is 12.0 Å². The second-order valence-electron chi connectivity index (χ2n) is 3.93. The van der Waals surface area contributed by atoms with Gasteiger partial charge in [-0.1, -0.05) is 17.3 Å². The Morgan fingerprint density at radius 2 is 2.21 bits per heavy atom. The van der Waals surface area contributed by atoms with Gasteiger partial charge in [-0.15, -0.1) is 0 Å². The lowest BCUT2D eigenvalue weighted by molar-refractivity contribution is 0.0954. The molecule has 0 bridgehead atoms. The number of benzene rings is 1. The highest BCUT2D eigenvalue weighted by molar-refractivity contribution is 5.99. The molecule has 0 saturated carbocycles. The van der Waals surface area contributed by atoms with Gasteiger partial charge in [0.05, 0.1) is 11.3 Å². The number of nitrogen functional groups attached to an aromatic ring is 1. The summed E-state index contributed by atoms with van der Waals surface area (Å²) in [6.45, 7) is 2.15. The van der Waals surface area contributed by atoms with Crippen LogP contribution in [0.4, 0.5) is 5.69 Å². The number of amides is 1. The molecule has 7 heteroatoms. The number of nitrogens with two attached hydrogens (primary N) is 1. The first-order chi connectivity index (χ1) is 9.20. The Hall–Kier alpha value is -2.41. The van der Waals surface area contributed by atoms with Crippen LogP contribution < -0.4 is 16.6 Å². The molecule has 1 amide bonds. The van der Waals surface area contributed by atoms with E-state index in [9.17, 15) is 4.79 Å². The minimum atomic E-state index is -0.200. The van der Waals surface area contributed by atoms with E-state index < -0.39 is 0 Å². The summed E-state index contributed by atoms with van der Waals surface area (Å²) in [5.74, 6) is 6.23. The molecule has 4 N–H and O–H groups in total. The van der Waals surface area contributed by atoms with Gasteiger partial charge in [-0.05, 0) is 12.1 Å². The van der Waals surface area contributed by atoms with Gasteiger partial charge in [0.25, 0.3) is 5.91 Å². The van der Waals surface area contributed by atoms with Gasteiger partial charge in [0.15, 0.2) is 5.82 Å². The number of hydrogen-bond donors (Lipinski definition) is 3. The number of rotatable bonds is 5. The van der Waals surface area contributed by atoms with Crippen LogP contribution in [0.3, 0.4) is 0 Å². The van der Waals surface area contributed by atoms with Crippen molar-refractivity contribution in [1.82, 2.24) is 15.5 Å². The second kappa shape index (κ2) is 5.96. The number of carbonyl (C=O) groups is 1. The third-order valence-corrected chi connectivity index (χ3v) is 2.53. The van der Waals surface area contributed by atoms with E-state index in [1.165, 1.54) is 0 Å². The van der Waals surface area contributed by atoms with Gasteiger partial charge in [0.1, 0.15) is 0 Å². The molecule has 2 aromatic rings. The molecular formula is C12H15N5O2. The van der Waals surface area contributed by atoms with E-state index in [1.807, 2.05) is 0 Å². The summed E-state index contributed by atoms with van der Waals surface area (Å²) in [5.41, 5.74) is 3.56. The lowest BCUT2D eigenvalue weighted by Crippen LogP contribution is -2.27. The number of nitrogens with one attached hydrogen (secondary N) is 2. The number of hydrazine groups is 1. The molecule has 1 aromatic heterocycles. The standard InChI is InChI=1S/C12H15N5O2/c1-8-15-11(17-19-8)6-7-14-12(18)9-4-2-3-5-10(9)16-13/h2-5,16H,6-7,13H2,1H3,(H,14,18). The topological polar surface area (TPSA) is 106 Å². The zero-order valence-electron chi connectivity index (χ0n) is 10.5. The summed E-state index contributed by atoms with van der Waals surface area (Å²) in [4.78, 5) is 16.0. The minimum Gasteiger partial charge on any atom is -0.352 e. The highest BCUT2D eigenvalue weighted by atomic mass is 16.5. The summed E-state index contributed by atoms with van der Waals surface area (Å²) in [6.07, 6.45) is 0.515. The first-order valence-electron chi connectivity index (χ1n) is 5.83. The van der Waals surface area contributed by atoms with Gasteiger partial charge in [-0.2, -0.15) is 4.98 Å². The lowest BCUT2D eigenvalue weighted by Gasteiger charge is -2.08. The van der Waals surface area contributed by atoms with Crippen LogP contribution in [0.5, 0.6) is 0 Å². The number of aryl methyl sites for hydroxylation is 1. The van der Waals surface area contributed by atoms with Gasteiger partial charge in [-0.25, -0.2) is 0 Å². The van der Waals surface area contributed by atoms with E-state index >= 15 is 0 Å². The van der Waals surface area contributed by atoms with E-state index in [1.54, 1.807) is 31.2 Å². The third-order valence-electron chi connectivity index (χ3n) is 2.53. The van der Waals surface area contributed by atoms with E-state index in [4.69, 9.17) is 10.4 Å². The molecule has 0 atom stereocenters. The first-order valence-corrected chi connectivity index (χ1v) is 5.83. The van der Waals surface area contributed by atoms with Crippen LogP contribution in [0.2, 0.25) is 0 Å². The van der Waals surface area contributed by atoms with Crippen molar-refractivity contribution in [3.8, 4) is 0 Å². The number of hydrogen-bond acceptors (Lipinski definition) is 6. The Morgan fingerprint density at radius 1 is 1.42 bits per heavy atom. The normalized spacial score (nSPS) is 10.2. The molecule has 1 aromatic carbocycles. The van der Waals surface area contributed by atoms with Crippen LogP contribution >= 0.6 is 0 Å². The number of anilines is 1. The lowest BCUT2D eigenvalue weighted by atomic mass is 10.1. The maximum absolute atomic E-state index is 11.9. The molecular weight excluding hydrogens is 246 g/mol. The average Bonchev–Trinajstić information content (AvgIpc) is 2.84. The predicted molar refractivity (Wildman–Crippen MR) is 69.3 cm³/mol. The molecule has 1 heterocycles. The Kier molecular flexibility index (Phi) is 4.09.